The summed E-state index contributed by atoms with van der Waals surface area (Å²) in [4.78, 5) is 10.4. The summed E-state index contributed by atoms with van der Waals surface area (Å²) in [5, 5.41) is 2.97. The summed E-state index contributed by atoms with van der Waals surface area (Å²) >= 11 is 1.41. The van der Waals surface area contributed by atoms with Crippen LogP contribution in [0.2, 0.25) is 0 Å². The van der Waals surface area contributed by atoms with Gasteiger partial charge in [-0.3, -0.25) is 4.79 Å². The van der Waals surface area contributed by atoms with Crippen LogP contribution in [0.1, 0.15) is 10.4 Å². The van der Waals surface area contributed by atoms with Gasteiger partial charge in [0.05, 0.1) is 5.52 Å². The van der Waals surface area contributed by atoms with Gasteiger partial charge in [-0.05, 0) is 29.7 Å². The summed E-state index contributed by atoms with van der Waals surface area (Å²) in [6.45, 7) is 0. The maximum absolute atomic E-state index is 10.4. The first-order valence-corrected chi connectivity index (χ1v) is 4.03. The molecule has 0 radical (unpaired) electrons. The lowest BCUT2D eigenvalue weighted by Crippen LogP contribution is -1.76. The van der Waals surface area contributed by atoms with Crippen molar-refractivity contribution >= 4 is 28.7 Å². The first-order valence-electron chi connectivity index (χ1n) is 3.19. The van der Waals surface area contributed by atoms with E-state index in [9.17, 15) is 4.79 Å². The highest BCUT2D eigenvalue weighted by Gasteiger charge is 1.95. The highest BCUT2D eigenvalue weighted by Crippen LogP contribution is 2.15. The molecule has 3 heteroatoms. The van der Waals surface area contributed by atoms with E-state index in [0.717, 1.165) is 17.2 Å². The summed E-state index contributed by atoms with van der Waals surface area (Å²) in [5.74, 6) is 0. The molecule has 11 heavy (non-hydrogen) atoms. The largest absolute Gasteiger partial charge is 0.298 e. The summed E-state index contributed by atoms with van der Waals surface area (Å²) < 4.78 is 4.12. The number of aromatic nitrogens is 1. The molecule has 2 aromatic rings. The minimum absolute atomic E-state index is 0.706. The van der Waals surface area contributed by atoms with Crippen LogP contribution in [0.25, 0.3) is 10.9 Å². The number of benzene rings is 1. The van der Waals surface area contributed by atoms with Gasteiger partial charge in [0.25, 0.3) is 0 Å². The third-order valence-electron chi connectivity index (χ3n) is 1.52. The zero-order valence-electron chi connectivity index (χ0n) is 5.65. The Morgan fingerprint density at radius 3 is 3.18 bits per heavy atom. The molecule has 0 fully saturated rings. The second kappa shape index (κ2) is 2.43. The fourth-order valence-corrected chi connectivity index (χ4v) is 1.60. The van der Waals surface area contributed by atoms with E-state index in [0.29, 0.717) is 5.56 Å². The van der Waals surface area contributed by atoms with Crippen LogP contribution in [-0.4, -0.2) is 10.7 Å². The fourth-order valence-electron chi connectivity index (χ4n) is 0.964. The first kappa shape index (κ1) is 6.49. The summed E-state index contributed by atoms with van der Waals surface area (Å²) in [5.41, 5.74) is 1.67. The Labute approximate surface area is 67.6 Å². The Hall–Kier alpha value is -1.22. The van der Waals surface area contributed by atoms with E-state index in [1.807, 2.05) is 17.5 Å². The van der Waals surface area contributed by atoms with Gasteiger partial charge in [-0.1, -0.05) is 0 Å². The molecule has 1 heterocycles. The molecule has 2 rings (SSSR count). The van der Waals surface area contributed by atoms with Gasteiger partial charge >= 0.3 is 0 Å². The Kier molecular flexibility index (Phi) is 1.43. The van der Waals surface area contributed by atoms with Crippen LogP contribution in [0.3, 0.4) is 0 Å². The van der Waals surface area contributed by atoms with Crippen molar-refractivity contribution in [2.45, 2.75) is 0 Å². The maximum Gasteiger partial charge on any atom is 0.150 e. The molecule has 1 aromatic carbocycles. The van der Waals surface area contributed by atoms with Crippen LogP contribution >= 0.6 is 11.5 Å². The van der Waals surface area contributed by atoms with Gasteiger partial charge in [-0.2, -0.15) is 4.37 Å². The molecule has 0 aliphatic carbocycles. The number of nitrogens with zero attached hydrogens (tertiary/aromatic N) is 1. The van der Waals surface area contributed by atoms with Gasteiger partial charge < -0.3 is 0 Å². The van der Waals surface area contributed by atoms with Gasteiger partial charge in [-0.15, -0.1) is 0 Å². The van der Waals surface area contributed by atoms with E-state index in [1.54, 1.807) is 6.07 Å². The molecule has 0 aliphatic rings. The number of rotatable bonds is 1. The van der Waals surface area contributed by atoms with Crippen LogP contribution in [0, 0.1) is 0 Å². The summed E-state index contributed by atoms with van der Waals surface area (Å²) in [6.07, 6.45) is 0.844. The zero-order chi connectivity index (χ0) is 7.68. The van der Waals surface area contributed by atoms with Gasteiger partial charge in [0.1, 0.15) is 6.29 Å². The van der Waals surface area contributed by atoms with Gasteiger partial charge in [-0.25, -0.2) is 0 Å². The minimum atomic E-state index is 0.706. The average Bonchev–Trinajstić information content (AvgIpc) is 2.50. The number of hydrogen-bond acceptors (Lipinski definition) is 3. The molecule has 0 saturated carbocycles. The number of carbonyl (C=O) groups is 1. The number of fused-ring (bicyclic) bond motifs is 1. The van der Waals surface area contributed by atoms with Crippen molar-refractivity contribution in [3.63, 3.8) is 0 Å². The molecule has 0 amide bonds. The van der Waals surface area contributed by atoms with Crippen LogP contribution in [0.15, 0.2) is 23.6 Å². The third kappa shape index (κ3) is 1.03. The van der Waals surface area contributed by atoms with Crippen molar-refractivity contribution < 1.29 is 4.79 Å². The Balaban J connectivity index is 2.76. The second-order valence-electron chi connectivity index (χ2n) is 2.25. The third-order valence-corrected chi connectivity index (χ3v) is 2.18. The van der Waals surface area contributed by atoms with E-state index in [1.165, 1.54) is 11.5 Å². The van der Waals surface area contributed by atoms with Crippen molar-refractivity contribution in [1.29, 1.82) is 0 Å². The van der Waals surface area contributed by atoms with Crippen LogP contribution in [0.5, 0.6) is 0 Å². The van der Waals surface area contributed by atoms with Crippen molar-refractivity contribution in [2.75, 3.05) is 0 Å². The van der Waals surface area contributed by atoms with Crippen LogP contribution < -0.4 is 0 Å². The highest BCUT2D eigenvalue weighted by atomic mass is 32.1. The normalized spacial score (nSPS) is 10.2. The quantitative estimate of drug-likeness (QED) is 0.602. The van der Waals surface area contributed by atoms with Crippen molar-refractivity contribution in [2.24, 2.45) is 0 Å². The van der Waals surface area contributed by atoms with E-state index in [2.05, 4.69) is 4.37 Å². The predicted molar refractivity (Wildman–Crippen MR) is 45.0 cm³/mol. The van der Waals surface area contributed by atoms with E-state index < -0.39 is 0 Å². The van der Waals surface area contributed by atoms with Crippen molar-refractivity contribution in [1.82, 2.24) is 4.37 Å². The lowest BCUT2D eigenvalue weighted by Gasteiger charge is -1.88. The highest BCUT2D eigenvalue weighted by molar-refractivity contribution is 7.04. The van der Waals surface area contributed by atoms with Gasteiger partial charge in [0.15, 0.2) is 0 Å². The fraction of sp³-hybridized carbons (Fsp3) is 0. The number of aldehydes is 1. The smallest absolute Gasteiger partial charge is 0.150 e. The number of hydrogen-bond donors (Lipinski definition) is 0. The molecule has 1 aromatic heterocycles. The van der Waals surface area contributed by atoms with Gasteiger partial charge in [0, 0.05) is 16.3 Å². The average molecular weight is 163 g/mol. The van der Waals surface area contributed by atoms with Crippen LogP contribution in [0.4, 0.5) is 0 Å². The molecule has 0 saturated heterocycles. The molecule has 0 bridgehead atoms. The molecular formula is C8H5NOS. The minimum Gasteiger partial charge on any atom is -0.298 e. The summed E-state index contributed by atoms with van der Waals surface area (Å²) in [7, 11) is 0. The molecule has 0 aliphatic heterocycles. The molecule has 54 valence electrons. The standard InChI is InChI=1S/C8H5NOS/c10-4-6-1-2-8-7(3-6)5-11-9-8/h1-5H. The Morgan fingerprint density at radius 1 is 1.45 bits per heavy atom. The summed E-state index contributed by atoms with van der Waals surface area (Å²) in [6, 6.07) is 5.47. The topological polar surface area (TPSA) is 30.0 Å². The molecular weight excluding hydrogens is 158 g/mol. The molecule has 0 spiro atoms. The van der Waals surface area contributed by atoms with E-state index in [-0.39, 0.29) is 0 Å². The molecule has 0 N–H and O–H groups in total. The SMILES string of the molecule is O=Cc1ccc2nscc2c1. The zero-order valence-corrected chi connectivity index (χ0v) is 6.47. The Morgan fingerprint density at radius 2 is 2.36 bits per heavy atom. The molecule has 0 atom stereocenters. The van der Waals surface area contributed by atoms with Gasteiger partial charge in [0.2, 0.25) is 0 Å². The first-order chi connectivity index (χ1) is 5.40. The molecule has 0 unspecified atom stereocenters. The molecule has 2 nitrogen and oxygen atoms in total. The Bertz CT molecular complexity index is 394. The monoisotopic (exact) mass is 163 g/mol. The lowest BCUT2D eigenvalue weighted by molar-refractivity contribution is 0.112. The second-order valence-corrected chi connectivity index (χ2v) is 2.88. The lowest BCUT2D eigenvalue weighted by atomic mass is 10.2. The van der Waals surface area contributed by atoms with Crippen molar-refractivity contribution in [3.8, 4) is 0 Å². The van der Waals surface area contributed by atoms with E-state index in [4.69, 9.17) is 0 Å². The predicted octanol–water partition coefficient (Wildman–Crippen LogP) is 2.11. The number of carbonyl (C=O) groups excluding carboxylic acids is 1. The van der Waals surface area contributed by atoms with Crippen molar-refractivity contribution in [3.05, 3.63) is 29.1 Å². The maximum atomic E-state index is 10.4. The van der Waals surface area contributed by atoms with Crippen LogP contribution in [-0.2, 0) is 0 Å². The van der Waals surface area contributed by atoms with E-state index >= 15 is 0 Å².